The summed E-state index contributed by atoms with van der Waals surface area (Å²) in [6.07, 6.45) is -1.06. The Morgan fingerprint density at radius 1 is 1.08 bits per heavy atom. The molecule has 0 fully saturated rings. The highest BCUT2D eigenvalue weighted by Crippen LogP contribution is 2.33. The number of hydrogen-bond donors (Lipinski definition) is 2. The molecule has 134 valence electrons. The van der Waals surface area contributed by atoms with Crippen LogP contribution in [0, 0.1) is 0 Å². The minimum absolute atomic E-state index is 0.185. The zero-order valence-electron chi connectivity index (χ0n) is 13.5. The standard InChI is InChI=1S/C18H13Cl3N2O3/c1-9(17(24)23-16-12(20)7-11(19)8-13(16)21)26-18(25)15-6-10-4-2-3-5-14(10)22-15/h2-9,22H,1H3,(H,23,24)/t9-/m1/s1. The van der Waals surface area contributed by atoms with Crippen LogP contribution < -0.4 is 5.32 Å². The van der Waals surface area contributed by atoms with Gasteiger partial charge in [-0.2, -0.15) is 0 Å². The Bertz CT molecular complexity index is 944. The van der Waals surface area contributed by atoms with Gasteiger partial charge in [-0.3, -0.25) is 4.79 Å². The Morgan fingerprint density at radius 2 is 1.73 bits per heavy atom. The molecule has 1 heterocycles. The molecule has 26 heavy (non-hydrogen) atoms. The number of benzene rings is 2. The van der Waals surface area contributed by atoms with Crippen molar-refractivity contribution in [3.63, 3.8) is 0 Å². The number of anilines is 1. The second-order valence-electron chi connectivity index (χ2n) is 5.55. The molecule has 2 N–H and O–H groups in total. The van der Waals surface area contributed by atoms with Gasteiger partial charge in [-0.25, -0.2) is 4.79 Å². The molecule has 0 saturated carbocycles. The van der Waals surface area contributed by atoms with E-state index < -0.39 is 18.0 Å². The second kappa shape index (κ2) is 7.58. The average molecular weight is 412 g/mol. The molecule has 1 atom stereocenters. The molecule has 5 nitrogen and oxygen atoms in total. The van der Waals surface area contributed by atoms with Gasteiger partial charge in [0.25, 0.3) is 5.91 Å². The van der Waals surface area contributed by atoms with Gasteiger partial charge in [-0.1, -0.05) is 53.0 Å². The smallest absolute Gasteiger partial charge is 0.355 e. The van der Waals surface area contributed by atoms with E-state index >= 15 is 0 Å². The van der Waals surface area contributed by atoms with E-state index in [0.29, 0.717) is 5.02 Å². The summed E-state index contributed by atoms with van der Waals surface area (Å²) in [5.41, 5.74) is 1.26. The molecular formula is C18H13Cl3N2O3. The third kappa shape index (κ3) is 3.96. The van der Waals surface area contributed by atoms with Crippen molar-refractivity contribution in [1.29, 1.82) is 0 Å². The van der Waals surface area contributed by atoms with E-state index in [9.17, 15) is 9.59 Å². The first kappa shape index (κ1) is 18.6. The van der Waals surface area contributed by atoms with Gasteiger partial charge in [0, 0.05) is 15.9 Å². The number of fused-ring (bicyclic) bond motifs is 1. The van der Waals surface area contributed by atoms with E-state index in [1.54, 1.807) is 6.07 Å². The van der Waals surface area contributed by atoms with Crippen LogP contribution in [0.15, 0.2) is 42.5 Å². The van der Waals surface area contributed by atoms with E-state index in [1.807, 2.05) is 24.3 Å². The van der Waals surface area contributed by atoms with Crippen molar-refractivity contribution >= 4 is 63.3 Å². The van der Waals surface area contributed by atoms with Crippen molar-refractivity contribution in [1.82, 2.24) is 4.98 Å². The summed E-state index contributed by atoms with van der Waals surface area (Å²) in [7, 11) is 0. The summed E-state index contributed by atoms with van der Waals surface area (Å²) in [4.78, 5) is 27.5. The summed E-state index contributed by atoms with van der Waals surface area (Å²) >= 11 is 17.9. The number of nitrogens with one attached hydrogen (secondary N) is 2. The fourth-order valence-corrected chi connectivity index (χ4v) is 3.26. The predicted molar refractivity (Wildman–Crippen MR) is 103 cm³/mol. The number of ether oxygens (including phenoxy) is 1. The minimum Gasteiger partial charge on any atom is -0.448 e. The maximum Gasteiger partial charge on any atom is 0.355 e. The molecule has 0 unspecified atom stereocenters. The average Bonchev–Trinajstić information content (AvgIpc) is 3.02. The van der Waals surface area contributed by atoms with Crippen LogP contribution in [-0.4, -0.2) is 23.0 Å². The third-order valence-corrected chi connectivity index (χ3v) is 4.47. The molecule has 0 saturated heterocycles. The van der Waals surface area contributed by atoms with Crippen LogP contribution in [0.4, 0.5) is 5.69 Å². The van der Waals surface area contributed by atoms with Gasteiger partial charge in [0.2, 0.25) is 0 Å². The van der Waals surface area contributed by atoms with Crippen molar-refractivity contribution in [2.45, 2.75) is 13.0 Å². The van der Waals surface area contributed by atoms with Crippen LogP contribution in [0.1, 0.15) is 17.4 Å². The van der Waals surface area contributed by atoms with Gasteiger partial charge in [-0.15, -0.1) is 0 Å². The molecule has 0 aliphatic rings. The summed E-state index contributed by atoms with van der Waals surface area (Å²) < 4.78 is 5.21. The first-order valence-corrected chi connectivity index (χ1v) is 8.72. The molecule has 2 aromatic carbocycles. The Kier molecular flexibility index (Phi) is 5.41. The van der Waals surface area contributed by atoms with E-state index in [4.69, 9.17) is 39.5 Å². The topological polar surface area (TPSA) is 71.2 Å². The maximum atomic E-state index is 12.3. The fraction of sp³-hybridized carbons (Fsp3) is 0.111. The van der Waals surface area contributed by atoms with Crippen molar-refractivity contribution < 1.29 is 14.3 Å². The number of carbonyl (C=O) groups is 2. The highest BCUT2D eigenvalue weighted by molar-refractivity contribution is 6.42. The zero-order chi connectivity index (χ0) is 18.8. The molecular weight excluding hydrogens is 399 g/mol. The molecule has 1 aromatic heterocycles. The maximum absolute atomic E-state index is 12.3. The molecule has 0 spiro atoms. The van der Waals surface area contributed by atoms with Gasteiger partial charge < -0.3 is 15.0 Å². The lowest BCUT2D eigenvalue weighted by Gasteiger charge is -2.15. The Hall–Kier alpha value is -2.21. The lowest BCUT2D eigenvalue weighted by atomic mass is 10.2. The molecule has 0 aliphatic carbocycles. The summed E-state index contributed by atoms with van der Waals surface area (Å²) in [5, 5.41) is 4.13. The van der Waals surface area contributed by atoms with Gasteiger partial charge in [0.05, 0.1) is 15.7 Å². The van der Waals surface area contributed by atoms with Crippen molar-refractivity contribution in [3.8, 4) is 0 Å². The number of aromatic amines is 1. The molecule has 3 aromatic rings. The minimum atomic E-state index is -1.06. The molecule has 0 aliphatic heterocycles. The SMILES string of the molecule is C[C@@H](OC(=O)c1cc2ccccc2[nH]1)C(=O)Nc1c(Cl)cc(Cl)cc1Cl. The van der Waals surface area contributed by atoms with Crippen LogP contribution >= 0.6 is 34.8 Å². The quantitative estimate of drug-likeness (QED) is 0.571. The number of rotatable bonds is 4. The van der Waals surface area contributed by atoms with Gasteiger partial charge >= 0.3 is 5.97 Å². The first-order chi connectivity index (χ1) is 12.3. The Morgan fingerprint density at radius 3 is 2.38 bits per heavy atom. The molecule has 8 heteroatoms. The van der Waals surface area contributed by atoms with E-state index in [2.05, 4.69) is 10.3 Å². The van der Waals surface area contributed by atoms with Crippen LogP contribution in [0.2, 0.25) is 15.1 Å². The van der Waals surface area contributed by atoms with E-state index in [1.165, 1.54) is 19.1 Å². The zero-order valence-corrected chi connectivity index (χ0v) is 15.7. The number of hydrogen-bond acceptors (Lipinski definition) is 3. The first-order valence-electron chi connectivity index (χ1n) is 7.59. The highest BCUT2D eigenvalue weighted by Gasteiger charge is 2.22. The Labute approximate surface area is 164 Å². The Balaban J connectivity index is 1.70. The predicted octanol–water partition coefficient (Wildman–Crippen LogP) is 5.31. The normalized spacial score (nSPS) is 12.0. The lowest BCUT2D eigenvalue weighted by Crippen LogP contribution is -2.30. The van der Waals surface area contributed by atoms with Crippen LogP contribution in [0.25, 0.3) is 10.9 Å². The fourth-order valence-electron chi connectivity index (χ4n) is 2.35. The summed E-state index contributed by atoms with van der Waals surface area (Å²) in [6, 6.07) is 12.0. The van der Waals surface area contributed by atoms with Crippen molar-refractivity contribution in [2.75, 3.05) is 5.32 Å². The summed E-state index contributed by atoms with van der Waals surface area (Å²) in [6.45, 7) is 1.45. The van der Waals surface area contributed by atoms with Crippen LogP contribution in [-0.2, 0) is 9.53 Å². The van der Waals surface area contributed by atoms with Gasteiger partial charge in [0.15, 0.2) is 6.10 Å². The third-order valence-electron chi connectivity index (χ3n) is 3.66. The van der Waals surface area contributed by atoms with Crippen molar-refractivity contribution in [2.24, 2.45) is 0 Å². The number of carbonyl (C=O) groups excluding carboxylic acids is 2. The van der Waals surface area contributed by atoms with Gasteiger partial charge in [-0.05, 0) is 31.2 Å². The number of halogens is 3. The molecule has 1 amide bonds. The molecule has 0 bridgehead atoms. The van der Waals surface area contributed by atoms with Crippen molar-refractivity contribution in [3.05, 3.63) is 63.2 Å². The number of para-hydroxylation sites is 1. The summed E-state index contributed by atoms with van der Waals surface area (Å²) in [5.74, 6) is -1.21. The number of esters is 1. The largest absolute Gasteiger partial charge is 0.448 e. The highest BCUT2D eigenvalue weighted by atomic mass is 35.5. The van der Waals surface area contributed by atoms with Crippen LogP contribution in [0.5, 0.6) is 0 Å². The number of amides is 1. The van der Waals surface area contributed by atoms with E-state index in [-0.39, 0.29) is 21.4 Å². The lowest BCUT2D eigenvalue weighted by molar-refractivity contribution is -0.123. The molecule has 0 radical (unpaired) electrons. The van der Waals surface area contributed by atoms with E-state index in [0.717, 1.165) is 10.9 Å². The number of H-pyrrole nitrogens is 1. The van der Waals surface area contributed by atoms with Gasteiger partial charge in [0.1, 0.15) is 5.69 Å². The van der Waals surface area contributed by atoms with Crippen LogP contribution in [0.3, 0.4) is 0 Å². The number of aromatic nitrogens is 1. The molecule has 3 rings (SSSR count). The second-order valence-corrected chi connectivity index (χ2v) is 6.80. The monoisotopic (exact) mass is 410 g/mol.